The summed E-state index contributed by atoms with van der Waals surface area (Å²) in [6, 6.07) is 15.7. The normalized spacial score (nSPS) is 11.9. The predicted octanol–water partition coefficient (Wildman–Crippen LogP) is 4.19. The lowest BCUT2D eigenvalue weighted by Crippen LogP contribution is -2.18. The van der Waals surface area contributed by atoms with Crippen LogP contribution in [0.5, 0.6) is 0 Å². The van der Waals surface area contributed by atoms with Gasteiger partial charge in [0.15, 0.2) is 0 Å². The average Bonchev–Trinajstić information content (AvgIpc) is 2.39. The minimum Gasteiger partial charge on any atom is -0.478 e. The molecule has 2 N–H and O–H groups in total. The first-order valence-electron chi connectivity index (χ1n) is 6.39. The van der Waals surface area contributed by atoms with E-state index in [1.54, 1.807) is 18.2 Å². The summed E-state index contributed by atoms with van der Waals surface area (Å²) in [5.41, 5.74) is 2.45. The van der Waals surface area contributed by atoms with Crippen LogP contribution < -0.4 is 5.32 Å². The third kappa shape index (κ3) is 3.84. The highest BCUT2D eigenvalue weighted by atomic mass is 79.9. The van der Waals surface area contributed by atoms with E-state index in [0.717, 1.165) is 12.1 Å². The average molecular weight is 334 g/mol. The highest BCUT2D eigenvalue weighted by molar-refractivity contribution is 9.10. The van der Waals surface area contributed by atoms with Gasteiger partial charge in [-0.15, -0.1) is 0 Å². The topological polar surface area (TPSA) is 49.3 Å². The van der Waals surface area contributed by atoms with Crippen LogP contribution in [0.3, 0.4) is 0 Å². The number of hydrogen-bond acceptors (Lipinski definition) is 2. The van der Waals surface area contributed by atoms with Crippen molar-refractivity contribution >= 4 is 27.6 Å². The minimum atomic E-state index is -0.930. The van der Waals surface area contributed by atoms with Gasteiger partial charge in [0.05, 0.1) is 5.56 Å². The van der Waals surface area contributed by atoms with Gasteiger partial charge in [-0.1, -0.05) is 30.3 Å². The van der Waals surface area contributed by atoms with Crippen LogP contribution in [0.15, 0.2) is 53.0 Å². The molecule has 1 atom stereocenters. The SMILES string of the molecule is CC(Cc1ccccc1)Nc1ccc(C(=O)O)c(Br)c1. The van der Waals surface area contributed by atoms with Gasteiger partial charge in [-0.2, -0.15) is 0 Å². The van der Waals surface area contributed by atoms with Crippen molar-refractivity contribution in [2.45, 2.75) is 19.4 Å². The van der Waals surface area contributed by atoms with Gasteiger partial charge < -0.3 is 10.4 Å². The Bertz CT molecular complexity index is 599. The van der Waals surface area contributed by atoms with Crippen LogP contribution in [0.25, 0.3) is 0 Å². The van der Waals surface area contributed by atoms with E-state index in [4.69, 9.17) is 5.11 Å². The van der Waals surface area contributed by atoms with Crippen molar-refractivity contribution < 1.29 is 9.90 Å². The van der Waals surface area contributed by atoms with Gasteiger partial charge in [0.25, 0.3) is 0 Å². The largest absolute Gasteiger partial charge is 0.478 e. The molecule has 104 valence electrons. The van der Waals surface area contributed by atoms with Gasteiger partial charge >= 0.3 is 5.97 Å². The molecule has 0 aliphatic heterocycles. The van der Waals surface area contributed by atoms with Gasteiger partial charge in [0.1, 0.15) is 0 Å². The van der Waals surface area contributed by atoms with E-state index in [-0.39, 0.29) is 11.6 Å². The number of carbonyl (C=O) groups is 1. The summed E-state index contributed by atoms with van der Waals surface area (Å²) < 4.78 is 0.585. The number of nitrogens with one attached hydrogen (secondary N) is 1. The highest BCUT2D eigenvalue weighted by Crippen LogP contribution is 2.22. The van der Waals surface area contributed by atoms with Crippen molar-refractivity contribution in [2.24, 2.45) is 0 Å². The molecular weight excluding hydrogens is 318 g/mol. The molecule has 0 aromatic heterocycles. The lowest BCUT2D eigenvalue weighted by atomic mass is 10.1. The summed E-state index contributed by atoms with van der Waals surface area (Å²) in [5.74, 6) is -0.930. The van der Waals surface area contributed by atoms with Crippen molar-refractivity contribution in [1.29, 1.82) is 0 Å². The van der Waals surface area contributed by atoms with Crippen LogP contribution in [0, 0.1) is 0 Å². The molecule has 4 heteroatoms. The Morgan fingerprint density at radius 3 is 2.55 bits per heavy atom. The van der Waals surface area contributed by atoms with Gasteiger partial charge in [-0.3, -0.25) is 0 Å². The Morgan fingerprint density at radius 1 is 1.25 bits per heavy atom. The van der Waals surface area contributed by atoms with Gasteiger partial charge in [-0.05, 0) is 53.0 Å². The molecule has 2 aromatic carbocycles. The maximum absolute atomic E-state index is 10.9. The van der Waals surface area contributed by atoms with Crippen molar-refractivity contribution in [2.75, 3.05) is 5.32 Å². The lowest BCUT2D eigenvalue weighted by Gasteiger charge is -2.16. The van der Waals surface area contributed by atoms with Gasteiger partial charge in [0.2, 0.25) is 0 Å². The third-order valence-corrected chi connectivity index (χ3v) is 3.65. The summed E-state index contributed by atoms with van der Waals surface area (Å²) in [6.45, 7) is 2.10. The number of halogens is 1. The summed E-state index contributed by atoms with van der Waals surface area (Å²) in [5, 5.41) is 12.4. The molecular formula is C16H16BrNO2. The molecule has 20 heavy (non-hydrogen) atoms. The Labute approximate surface area is 126 Å². The summed E-state index contributed by atoms with van der Waals surface area (Å²) in [6.07, 6.45) is 0.916. The van der Waals surface area contributed by atoms with Crippen LogP contribution in [0.2, 0.25) is 0 Å². The number of carboxylic acid groups (broad SMARTS) is 1. The first-order valence-corrected chi connectivity index (χ1v) is 7.19. The van der Waals surface area contributed by atoms with E-state index in [2.05, 4.69) is 40.3 Å². The van der Waals surface area contributed by atoms with E-state index >= 15 is 0 Å². The first kappa shape index (κ1) is 14.6. The standard InChI is InChI=1S/C16H16BrNO2/c1-11(9-12-5-3-2-4-6-12)18-13-7-8-14(16(19)20)15(17)10-13/h2-8,10-11,18H,9H2,1H3,(H,19,20). The zero-order chi connectivity index (χ0) is 14.5. The van der Waals surface area contributed by atoms with Crippen molar-refractivity contribution in [1.82, 2.24) is 0 Å². The zero-order valence-corrected chi connectivity index (χ0v) is 12.7. The Hall–Kier alpha value is -1.81. The van der Waals surface area contributed by atoms with Crippen LogP contribution in [0.1, 0.15) is 22.8 Å². The summed E-state index contributed by atoms with van der Waals surface area (Å²) in [7, 11) is 0. The smallest absolute Gasteiger partial charge is 0.336 e. The van der Waals surface area contributed by atoms with E-state index in [1.807, 2.05) is 18.2 Å². The fraction of sp³-hybridized carbons (Fsp3) is 0.188. The first-order chi connectivity index (χ1) is 9.56. The van der Waals surface area contributed by atoms with E-state index < -0.39 is 5.97 Å². The Kier molecular flexibility index (Phi) is 4.79. The van der Waals surface area contributed by atoms with Crippen molar-refractivity contribution in [3.63, 3.8) is 0 Å². The molecule has 0 saturated carbocycles. The summed E-state index contributed by atoms with van der Waals surface area (Å²) in [4.78, 5) is 10.9. The monoisotopic (exact) mass is 333 g/mol. The molecule has 0 spiro atoms. The number of benzene rings is 2. The fourth-order valence-electron chi connectivity index (χ4n) is 2.08. The Morgan fingerprint density at radius 2 is 1.95 bits per heavy atom. The van der Waals surface area contributed by atoms with E-state index in [1.165, 1.54) is 5.56 Å². The molecule has 0 saturated heterocycles. The molecule has 3 nitrogen and oxygen atoms in total. The Balaban J connectivity index is 2.03. The second kappa shape index (κ2) is 6.57. The van der Waals surface area contributed by atoms with E-state index in [9.17, 15) is 4.79 Å². The molecule has 1 unspecified atom stereocenters. The molecule has 0 amide bonds. The van der Waals surface area contributed by atoms with Crippen LogP contribution in [-0.2, 0) is 6.42 Å². The molecule has 0 aliphatic carbocycles. The number of hydrogen-bond donors (Lipinski definition) is 2. The van der Waals surface area contributed by atoms with Crippen molar-refractivity contribution in [3.05, 3.63) is 64.1 Å². The predicted molar refractivity (Wildman–Crippen MR) is 84.3 cm³/mol. The zero-order valence-electron chi connectivity index (χ0n) is 11.1. The number of aromatic carboxylic acids is 1. The molecule has 0 bridgehead atoms. The maximum Gasteiger partial charge on any atom is 0.336 e. The molecule has 0 aliphatic rings. The lowest BCUT2D eigenvalue weighted by molar-refractivity contribution is 0.0696. The third-order valence-electron chi connectivity index (χ3n) is 3.00. The highest BCUT2D eigenvalue weighted by Gasteiger charge is 2.09. The number of anilines is 1. The number of rotatable bonds is 5. The van der Waals surface area contributed by atoms with Crippen molar-refractivity contribution in [3.8, 4) is 0 Å². The molecule has 0 radical (unpaired) electrons. The maximum atomic E-state index is 10.9. The summed E-state index contributed by atoms with van der Waals surface area (Å²) >= 11 is 3.28. The van der Waals surface area contributed by atoms with Crippen LogP contribution in [-0.4, -0.2) is 17.1 Å². The molecule has 2 rings (SSSR count). The van der Waals surface area contributed by atoms with Crippen LogP contribution >= 0.6 is 15.9 Å². The van der Waals surface area contributed by atoms with Crippen LogP contribution in [0.4, 0.5) is 5.69 Å². The minimum absolute atomic E-state index is 0.264. The molecule has 0 fully saturated rings. The quantitative estimate of drug-likeness (QED) is 0.862. The number of carboxylic acids is 1. The second-order valence-corrected chi connectivity index (χ2v) is 5.59. The van der Waals surface area contributed by atoms with Gasteiger partial charge in [-0.25, -0.2) is 4.79 Å². The van der Waals surface area contributed by atoms with E-state index in [0.29, 0.717) is 4.47 Å². The fourth-order valence-corrected chi connectivity index (χ4v) is 2.63. The molecule has 2 aromatic rings. The van der Waals surface area contributed by atoms with Gasteiger partial charge in [0, 0.05) is 16.2 Å². The second-order valence-electron chi connectivity index (χ2n) is 4.73. The molecule has 0 heterocycles.